The Bertz CT molecular complexity index is 795. The molecule has 0 amide bonds. The quantitative estimate of drug-likeness (QED) is 0.725. The van der Waals surface area contributed by atoms with Crippen molar-refractivity contribution in [1.29, 1.82) is 0 Å². The average Bonchev–Trinajstić information content (AvgIpc) is 3.09. The van der Waals surface area contributed by atoms with Gasteiger partial charge in [-0.1, -0.05) is 5.16 Å². The van der Waals surface area contributed by atoms with Gasteiger partial charge in [-0.3, -0.25) is 4.90 Å². The van der Waals surface area contributed by atoms with Crippen LogP contribution in [0.25, 0.3) is 5.69 Å². The van der Waals surface area contributed by atoms with Crippen molar-refractivity contribution in [3.63, 3.8) is 0 Å². The molecule has 120 valence electrons. The molecule has 2 heterocycles. The topological polar surface area (TPSA) is 47.1 Å². The van der Waals surface area contributed by atoms with Crippen LogP contribution in [0.5, 0.6) is 0 Å². The number of benzene rings is 1. The van der Waals surface area contributed by atoms with E-state index in [0.29, 0.717) is 13.1 Å². The zero-order valence-electron chi connectivity index (χ0n) is 13.5. The van der Waals surface area contributed by atoms with Crippen LogP contribution in [-0.4, -0.2) is 26.9 Å². The van der Waals surface area contributed by atoms with E-state index in [1.165, 1.54) is 6.07 Å². The molecule has 2 aromatic heterocycles. The average molecular weight is 314 g/mol. The molecule has 1 aromatic carbocycles. The van der Waals surface area contributed by atoms with Crippen LogP contribution in [-0.2, 0) is 13.1 Å². The first-order chi connectivity index (χ1) is 11.0. The van der Waals surface area contributed by atoms with Gasteiger partial charge >= 0.3 is 0 Å². The second-order valence-corrected chi connectivity index (χ2v) is 5.78. The van der Waals surface area contributed by atoms with E-state index in [4.69, 9.17) is 4.52 Å². The van der Waals surface area contributed by atoms with E-state index in [1.807, 2.05) is 37.7 Å². The largest absolute Gasteiger partial charge is 0.364 e. The molecule has 0 saturated heterocycles. The lowest BCUT2D eigenvalue weighted by molar-refractivity contribution is 0.303. The van der Waals surface area contributed by atoms with Gasteiger partial charge in [0.15, 0.2) is 0 Å². The Morgan fingerprint density at radius 2 is 2.00 bits per heavy atom. The number of aromatic nitrogens is 3. The van der Waals surface area contributed by atoms with Crippen LogP contribution in [0.2, 0.25) is 0 Å². The van der Waals surface area contributed by atoms with Crippen molar-refractivity contribution in [2.75, 3.05) is 7.05 Å². The van der Waals surface area contributed by atoms with E-state index >= 15 is 0 Å². The zero-order valence-corrected chi connectivity index (χ0v) is 13.5. The molecule has 0 aliphatic heterocycles. The summed E-state index contributed by atoms with van der Waals surface area (Å²) in [5, 5.41) is 8.41. The third kappa shape index (κ3) is 3.48. The standard InChI is InChI=1S/C17H19FN4O/c1-12-8-13(2)22(19-12)17-5-4-15(18)9-14(17)10-21(3)11-16-6-7-23-20-16/h4-9H,10-11H2,1-3H3. The van der Waals surface area contributed by atoms with E-state index in [2.05, 4.69) is 15.2 Å². The van der Waals surface area contributed by atoms with Gasteiger partial charge in [-0.25, -0.2) is 9.07 Å². The predicted octanol–water partition coefficient (Wildman–Crippen LogP) is 3.25. The fourth-order valence-electron chi connectivity index (χ4n) is 2.70. The lowest BCUT2D eigenvalue weighted by Gasteiger charge is -2.18. The molecule has 3 rings (SSSR count). The molecular weight excluding hydrogens is 295 g/mol. The fourth-order valence-corrected chi connectivity index (χ4v) is 2.70. The molecule has 6 heteroatoms. The number of hydrogen-bond donors (Lipinski definition) is 0. The van der Waals surface area contributed by atoms with E-state index in [-0.39, 0.29) is 5.82 Å². The van der Waals surface area contributed by atoms with E-state index < -0.39 is 0 Å². The zero-order chi connectivity index (χ0) is 16.4. The molecular formula is C17H19FN4O. The summed E-state index contributed by atoms with van der Waals surface area (Å²) in [4.78, 5) is 2.06. The van der Waals surface area contributed by atoms with Gasteiger partial charge in [0.05, 0.1) is 17.1 Å². The lowest BCUT2D eigenvalue weighted by atomic mass is 10.1. The van der Waals surface area contributed by atoms with Crippen LogP contribution < -0.4 is 0 Å². The van der Waals surface area contributed by atoms with Crippen molar-refractivity contribution in [3.8, 4) is 5.69 Å². The summed E-state index contributed by atoms with van der Waals surface area (Å²) in [6.07, 6.45) is 1.55. The van der Waals surface area contributed by atoms with Gasteiger partial charge in [0.1, 0.15) is 12.1 Å². The molecule has 5 nitrogen and oxygen atoms in total. The van der Waals surface area contributed by atoms with Gasteiger partial charge in [0, 0.05) is 24.8 Å². The third-order valence-electron chi connectivity index (χ3n) is 3.64. The Kier molecular flexibility index (Phi) is 4.25. The van der Waals surface area contributed by atoms with Crippen LogP contribution in [0.4, 0.5) is 4.39 Å². The second kappa shape index (κ2) is 6.34. The molecule has 3 aromatic rings. The van der Waals surface area contributed by atoms with Crippen molar-refractivity contribution in [3.05, 3.63) is 65.1 Å². The summed E-state index contributed by atoms with van der Waals surface area (Å²) in [5.74, 6) is -0.250. The first-order valence-corrected chi connectivity index (χ1v) is 7.43. The van der Waals surface area contributed by atoms with Gasteiger partial charge in [-0.2, -0.15) is 5.10 Å². The number of hydrogen-bond acceptors (Lipinski definition) is 4. The highest BCUT2D eigenvalue weighted by Gasteiger charge is 2.13. The van der Waals surface area contributed by atoms with E-state index in [9.17, 15) is 4.39 Å². The molecule has 0 unspecified atom stereocenters. The molecule has 23 heavy (non-hydrogen) atoms. The molecule has 0 saturated carbocycles. The maximum Gasteiger partial charge on any atom is 0.124 e. The van der Waals surface area contributed by atoms with Crippen LogP contribution in [0.1, 0.15) is 22.6 Å². The van der Waals surface area contributed by atoms with Gasteiger partial charge < -0.3 is 4.52 Å². The molecule has 0 aliphatic rings. The Morgan fingerprint density at radius 3 is 2.65 bits per heavy atom. The first-order valence-electron chi connectivity index (χ1n) is 7.43. The van der Waals surface area contributed by atoms with Crippen LogP contribution >= 0.6 is 0 Å². The van der Waals surface area contributed by atoms with Crippen molar-refractivity contribution >= 4 is 0 Å². The molecule has 0 radical (unpaired) electrons. The molecule has 0 N–H and O–H groups in total. The summed E-state index contributed by atoms with van der Waals surface area (Å²) in [5.41, 5.74) is 4.58. The smallest absolute Gasteiger partial charge is 0.124 e. The van der Waals surface area contributed by atoms with Crippen molar-refractivity contribution in [2.24, 2.45) is 0 Å². The SMILES string of the molecule is Cc1cc(C)n(-c2ccc(F)cc2CN(C)Cc2ccon2)n1. The minimum Gasteiger partial charge on any atom is -0.364 e. The summed E-state index contributed by atoms with van der Waals surface area (Å²) >= 11 is 0. The molecule has 0 bridgehead atoms. The van der Waals surface area contributed by atoms with Crippen molar-refractivity contribution in [1.82, 2.24) is 19.8 Å². The Labute approximate surface area is 134 Å². The second-order valence-electron chi connectivity index (χ2n) is 5.78. The number of nitrogens with zero attached hydrogens (tertiary/aromatic N) is 4. The Balaban J connectivity index is 1.89. The van der Waals surface area contributed by atoms with Gasteiger partial charge in [0.25, 0.3) is 0 Å². The summed E-state index contributed by atoms with van der Waals surface area (Å²) in [7, 11) is 1.96. The van der Waals surface area contributed by atoms with Crippen LogP contribution in [0, 0.1) is 19.7 Å². The maximum atomic E-state index is 13.7. The maximum absolute atomic E-state index is 13.7. The number of aryl methyl sites for hydroxylation is 2. The van der Waals surface area contributed by atoms with Gasteiger partial charge in [0.2, 0.25) is 0 Å². The summed E-state index contributed by atoms with van der Waals surface area (Å²) in [6, 6.07) is 8.63. The third-order valence-corrected chi connectivity index (χ3v) is 3.64. The Morgan fingerprint density at radius 1 is 1.17 bits per heavy atom. The highest BCUT2D eigenvalue weighted by molar-refractivity contribution is 5.42. The van der Waals surface area contributed by atoms with Crippen LogP contribution in [0.15, 0.2) is 41.1 Å². The molecule has 0 atom stereocenters. The first kappa shape index (κ1) is 15.4. The minimum absolute atomic E-state index is 0.250. The van der Waals surface area contributed by atoms with Crippen molar-refractivity contribution in [2.45, 2.75) is 26.9 Å². The van der Waals surface area contributed by atoms with Gasteiger partial charge in [-0.05, 0) is 50.7 Å². The minimum atomic E-state index is -0.250. The highest BCUT2D eigenvalue weighted by Crippen LogP contribution is 2.20. The monoisotopic (exact) mass is 314 g/mol. The fraction of sp³-hybridized carbons (Fsp3) is 0.294. The number of rotatable bonds is 5. The summed E-state index contributed by atoms with van der Waals surface area (Å²) < 4.78 is 20.4. The Hall–Kier alpha value is -2.47. The normalized spacial score (nSPS) is 11.3. The number of halogens is 1. The van der Waals surface area contributed by atoms with E-state index in [0.717, 1.165) is 28.3 Å². The molecule has 0 spiro atoms. The lowest BCUT2D eigenvalue weighted by Crippen LogP contribution is -2.19. The van der Waals surface area contributed by atoms with Crippen LogP contribution in [0.3, 0.4) is 0 Å². The van der Waals surface area contributed by atoms with Gasteiger partial charge in [-0.15, -0.1) is 0 Å². The molecule has 0 fully saturated rings. The highest BCUT2D eigenvalue weighted by atomic mass is 19.1. The molecule has 0 aliphatic carbocycles. The summed E-state index contributed by atoms with van der Waals surface area (Å²) in [6.45, 7) is 5.15. The predicted molar refractivity (Wildman–Crippen MR) is 84.7 cm³/mol. The van der Waals surface area contributed by atoms with Crippen molar-refractivity contribution < 1.29 is 8.91 Å². The van der Waals surface area contributed by atoms with E-state index in [1.54, 1.807) is 18.4 Å².